The smallest absolute Gasteiger partial charge is 0.309 e. The average molecular weight is 337 g/mol. The normalized spacial score (nSPS) is 17.3. The quantitative estimate of drug-likeness (QED) is 0.729. The van der Waals surface area contributed by atoms with E-state index in [4.69, 9.17) is 14.2 Å². The van der Waals surface area contributed by atoms with Crippen molar-refractivity contribution in [2.75, 3.05) is 40.0 Å². The minimum atomic E-state index is -0.564. The van der Waals surface area contributed by atoms with Crippen LogP contribution < -0.4 is 9.47 Å². The van der Waals surface area contributed by atoms with E-state index in [-0.39, 0.29) is 18.5 Å². The van der Waals surface area contributed by atoms with Gasteiger partial charge >= 0.3 is 5.97 Å². The van der Waals surface area contributed by atoms with Crippen LogP contribution in [0.1, 0.15) is 19.8 Å². The molecule has 1 aromatic rings. The number of piperidine rings is 1. The van der Waals surface area contributed by atoms with Crippen LogP contribution in [-0.2, 0) is 9.53 Å². The first-order chi connectivity index (χ1) is 11.6. The standard InChI is InChI=1S/C18H27NO5/c1-3-23-18(21)14-8-10-19(11-9-14)12-15(20)13-24-17-6-4-16(22-2)5-7-17/h4-7,14-15,20H,3,8-13H2,1-2H3. The number of hydrogen-bond donors (Lipinski definition) is 1. The minimum absolute atomic E-state index is 0.00566. The largest absolute Gasteiger partial charge is 0.497 e. The van der Waals surface area contributed by atoms with Crippen molar-refractivity contribution in [1.82, 2.24) is 4.90 Å². The summed E-state index contributed by atoms with van der Waals surface area (Å²) in [6, 6.07) is 7.27. The fourth-order valence-electron chi connectivity index (χ4n) is 2.83. The van der Waals surface area contributed by atoms with Gasteiger partial charge in [-0.3, -0.25) is 4.79 Å². The number of esters is 1. The zero-order valence-corrected chi connectivity index (χ0v) is 14.4. The van der Waals surface area contributed by atoms with Crippen LogP contribution in [0.15, 0.2) is 24.3 Å². The van der Waals surface area contributed by atoms with Gasteiger partial charge in [0.2, 0.25) is 0 Å². The van der Waals surface area contributed by atoms with Gasteiger partial charge in [0, 0.05) is 6.54 Å². The molecule has 6 nitrogen and oxygen atoms in total. The number of aliphatic hydroxyl groups is 1. The fraction of sp³-hybridized carbons (Fsp3) is 0.611. The Morgan fingerprint density at radius 1 is 1.25 bits per heavy atom. The summed E-state index contributed by atoms with van der Waals surface area (Å²) in [6.45, 7) is 4.63. The van der Waals surface area contributed by atoms with Gasteiger partial charge in [0.1, 0.15) is 24.2 Å². The number of carbonyl (C=O) groups is 1. The molecule has 1 saturated heterocycles. The summed E-state index contributed by atoms with van der Waals surface area (Å²) in [6.07, 6.45) is 1.00. The number of likely N-dealkylation sites (tertiary alicyclic amines) is 1. The van der Waals surface area contributed by atoms with E-state index in [1.165, 1.54) is 0 Å². The molecule has 1 fully saturated rings. The number of ether oxygens (including phenoxy) is 3. The number of methoxy groups -OCH3 is 1. The molecule has 0 saturated carbocycles. The molecule has 0 aliphatic carbocycles. The van der Waals surface area contributed by atoms with Crippen molar-refractivity contribution in [3.8, 4) is 11.5 Å². The monoisotopic (exact) mass is 337 g/mol. The van der Waals surface area contributed by atoms with Crippen LogP contribution in [0.25, 0.3) is 0 Å². The van der Waals surface area contributed by atoms with Gasteiger partial charge < -0.3 is 24.2 Å². The third kappa shape index (κ3) is 5.69. The van der Waals surface area contributed by atoms with Crippen molar-refractivity contribution in [1.29, 1.82) is 0 Å². The SMILES string of the molecule is CCOC(=O)C1CCN(CC(O)COc2ccc(OC)cc2)CC1. The summed E-state index contributed by atoms with van der Waals surface area (Å²) in [5.41, 5.74) is 0. The lowest BCUT2D eigenvalue weighted by Crippen LogP contribution is -2.42. The Morgan fingerprint density at radius 2 is 1.88 bits per heavy atom. The number of hydrogen-bond acceptors (Lipinski definition) is 6. The van der Waals surface area contributed by atoms with E-state index in [1.807, 2.05) is 31.2 Å². The first-order valence-corrected chi connectivity index (χ1v) is 8.46. The summed E-state index contributed by atoms with van der Waals surface area (Å²) in [5, 5.41) is 10.1. The van der Waals surface area contributed by atoms with Gasteiger partial charge in [-0.25, -0.2) is 0 Å². The van der Waals surface area contributed by atoms with Crippen LogP contribution in [-0.4, -0.2) is 62.0 Å². The van der Waals surface area contributed by atoms with Crippen LogP contribution in [0.4, 0.5) is 0 Å². The zero-order chi connectivity index (χ0) is 17.4. The molecular formula is C18H27NO5. The molecule has 0 bridgehead atoms. The molecule has 1 unspecified atom stereocenters. The molecule has 0 aromatic heterocycles. The summed E-state index contributed by atoms with van der Waals surface area (Å²) in [5.74, 6) is 1.37. The maximum Gasteiger partial charge on any atom is 0.309 e. The van der Waals surface area contributed by atoms with Gasteiger partial charge in [0.25, 0.3) is 0 Å². The highest BCUT2D eigenvalue weighted by atomic mass is 16.5. The highest BCUT2D eigenvalue weighted by Crippen LogP contribution is 2.20. The van der Waals surface area contributed by atoms with E-state index in [2.05, 4.69) is 4.90 Å². The molecule has 1 N–H and O–H groups in total. The zero-order valence-electron chi connectivity index (χ0n) is 14.4. The molecule has 6 heteroatoms. The second-order valence-electron chi connectivity index (χ2n) is 5.97. The number of rotatable bonds is 8. The fourth-order valence-corrected chi connectivity index (χ4v) is 2.83. The Morgan fingerprint density at radius 3 is 2.46 bits per heavy atom. The van der Waals surface area contributed by atoms with E-state index in [0.717, 1.165) is 31.7 Å². The lowest BCUT2D eigenvalue weighted by atomic mass is 9.97. The van der Waals surface area contributed by atoms with Crippen LogP contribution in [0.5, 0.6) is 11.5 Å². The number of carbonyl (C=O) groups excluding carboxylic acids is 1. The van der Waals surface area contributed by atoms with Crippen molar-refractivity contribution in [3.05, 3.63) is 24.3 Å². The maximum atomic E-state index is 11.7. The molecule has 1 aliphatic rings. The Balaban J connectivity index is 1.67. The van der Waals surface area contributed by atoms with E-state index in [9.17, 15) is 9.90 Å². The average Bonchev–Trinajstić information content (AvgIpc) is 2.61. The third-order valence-corrected chi connectivity index (χ3v) is 4.18. The number of β-amino-alcohol motifs (C(OH)–C–C–N with tert-alkyl or cyclic N) is 1. The molecule has 1 atom stereocenters. The molecule has 134 valence electrons. The van der Waals surface area contributed by atoms with Gasteiger partial charge in [-0.1, -0.05) is 0 Å². The molecule has 2 rings (SSSR count). The first kappa shape index (κ1) is 18.5. The van der Waals surface area contributed by atoms with E-state index < -0.39 is 6.10 Å². The highest BCUT2D eigenvalue weighted by Gasteiger charge is 2.26. The van der Waals surface area contributed by atoms with Crippen molar-refractivity contribution >= 4 is 5.97 Å². The van der Waals surface area contributed by atoms with Crippen LogP contribution in [0.2, 0.25) is 0 Å². The molecular weight excluding hydrogens is 310 g/mol. The predicted molar refractivity (Wildman–Crippen MR) is 90.3 cm³/mol. The van der Waals surface area contributed by atoms with Crippen LogP contribution in [0, 0.1) is 5.92 Å². The van der Waals surface area contributed by atoms with E-state index in [1.54, 1.807) is 7.11 Å². The van der Waals surface area contributed by atoms with Crippen molar-refractivity contribution < 1.29 is 24.1 Å². The topological polar surface area (TPSA) is 68.2 Å². The Kier molecular flexibility index (Phi) is 7.34. The van der Waals surface area contributed by atoms with E-state index in [0.29, 0.717) is 18.9 Å². The second-order valence-corrected chi connectivity index (χ2v) is 5.97. The lowest BCUT2D eigenvalue weighted by molar-refractivity contribution is -0.149. The molecule has 0 radical (unpaired) electrons. The second kappa shape index (κ2) is 9.49. The summed E-state index contributed by atoms with van der Waals surface area (Å²) in [4.78, 5) is 13.9. The Labute approximate surface area is 143 Å². The van der Waals surface area contributed by atoms with Gasteiger partial charge in [-0.15, -0.1) is 0 Å². The lowest BCUT2D eigenvalue weighted by Gasteiger charge is -2.32. The Bertz CT molecular complexity index is 497. The number of nitrogens with zero attached hydrogens (tertiary/aromatic N) is 1. The van der Waals surface area contributed by atoms with Gasteiger partial charge in [-0.05, 0) is 57.1 Å². The van der Waals surface area contributed by atoms with Gasteiger partial charge in [-0.2, -0.15) is 0 Å². The van der Waals surface area contributed by atoms with Crippen LogP contribution in [0.3, 0.4) is 0 Å². The first-order valence-electron chi connectivity index (χ1n) is 8.46. The number of benzene rings is 1. The molecule has 1 aromatic carbocycles. The van der Waals surface area contributed by atoms with Crippen molar-refractivity contribution in [2.24, 2.45) is 5.92 Å². The molecule has 24 heavy (non-hydrogen) atoms. The molecule has 1 aliphatic heterocycles. The molecule has 0 spiro atoms. The molecule has 1 heterocycles. The minimum Gasteiger partial charge on any atom is -0.497 e. The third-order valence-electron chi connectivity index (χ3n) is 4.18. The van der Waals surface area contributed by atoms with Gasteiger partial charge in [0.05, 0.1) is 19.6 Å². The van der Waals surface area contributed by atoms with Gasteiger partial charge in [0.15, 0.2) is 0 Å². The highest BCUT2D eigenvalue weighted by molar-refractivity contribution is 5.72. The van der Waals surface area contributed by atoms with E-state index >= 15 is 0 Å². The maximum absolute atomic E-state index is 11.7. The predicted octanol–water partition coefficient (Wildman–Crippen LogP) is 1.71. The summed E-state index contributed by atoms with van der Waals surface area (Å²) < 4.78 is 15.8. The number of aliphatic hydroxyl groups excluding tert-OH is 1. The Hall–Kier alpha value is -1.79. The molecule has 0 amide bonds. The van der Waals surface area contributed by atoms with Crippen molar-refractivity contribution in [3.63, 3.8) is 0 Å². The van der Waals surface area contributed by atoms with Crippen LogP contribution >= 0.6 is 0 Å². The summed E-state index contributed by atoms with van der Waals surface area (Å²) in [7, 11) is 1.62. The summed E-state index contributed by atoms with van der Waals surface area (Å²) >= 11 is 0. The van der Waals surface area contributed by atoms with Crippen molar-refractivity contribution in [2.45, 2.75) is 25.9 Å².